The van der Waals surface area contributed by atoms with E-state index in [4.69, 9.17) is 0 Å². The lowest BCUT2D eigenvalue weighted by Crippen LogP contribution is -2.44. The third-order valence-corrected chi connectivity index (χ3v) is 4.63. The minimum atomic E-state index is -0.127. The number of aromatic nitrogens is 2. The van der Waals surface area contributed by atoms with Gasteiger partial charge in [0, 0.05) is 13.1 Å². The number of aliphatic hydroxyl groups is 1. The van der Waals surface area contributed by atoms with Crippen molar-refractivity contribution in [2.45, 2.75) is 45.8 Å². The average molecular weight is 327 g/mol. The molecule has 1 amide bonds. The Hall–Kier alpha value is -2.14. The lowest BCUT2D eigenvalue weighted by Gasteiger charge is -2.31. The lowest BCUT2D eigenvalue weighted by atomic mass is 10.1. The van der Waals surface area contributed by atoms with Crippen LogP contribution in [0.4, 0.5) is 0 Å². The van der Waals surface area contributed by atoms with Crippen molar-refractivity contribution in [1.82, 2.24) is 14.7 Å². The van der Waals surface area contributed by atoms with E-state index in [1.165, 1.54) is 0 Å². The van der Waals surface area contributed by atoms with Crippen LogP contribution in [0.5, 0.6) is 0 Å². The summed E-state index contributed by atoms with van der Waals surface area (Å²) in [5.41, 5.74) is 2.51. The zero-order valence-corrected chi connectivity index (χ0v) is 14.4. The molecule has 0 radical (unpaired) electrons. The van der Waals surface area contributed by atoms with Gasteiger partial charge in [-0.1, -0.05) is 30.3 Å². The second kappa shape index (κ2) is 7.18. The van der Waals surface area contributed by atoms with Gasteiger partial charge >= 0.3 is 0 Å². The van der Waals surface area contributed by atoms with Gasteiger partial charge < -0.3 is 10.0 Å². The van der Waals surface area contributed by atoms with Crippen LogP contribution in [0.25, 0.3) is 0 Å². The standard InChI is InChI=1S/C19H25N3O2/c1-3-22-17(11-14(2)20-22)19(24)21(18(13-23)16-9-10-16)12-15-7-5-4-6-8-15/h4-8,11,16,18,23H,3,9-10,12-13H2,1-2H3. The molecule has 2 aromatic rings. The van der Waals surface area contributed by atoms with Gasteiger partial charge in [-0.25, -0.2) is 0 Å². The summed E-state index contributed by atoms with van der Waals surface area (Å²) in [4.78, 5) is 15.1. The van der Waals surface area contributed by atoms with E-state index < -0.39 is 0 Å². The summed E-state index contributed by atoms with van der Waals surface area (Å²) in [6, 6.07) is 11.7. The minimum absolute atomic E-state index is 0.00246. The van der Waals surface area contributed by atoms with E-state index in [0.717, 1.165) is 24.1 Å². The smallest absolute Gasteiger partial charge is 0.272 e. The molecule has 5 nitrogen and oxygen atoms in total. The van der Waals surface area contributed by atoms with E-state index in [9.17, 15) is 9.90 Å². The van der Waals surface area contributed by atoms with Crippen LogP contribution in [0.3, 0.4) is 0 Å². The van der Waals surface area contributed by atoms with Crippen LogP contribution < -0.4 is 0 Å². The van der Waals surface area contributed by atoms with Crippen LogP contribution >= 0.6 is 0 Å². The summed E-state index contributed by atoms with van der Waals surface area (Å²) in [7, 11) is 0. The van der Waals surface area contributed by atoms with Crippen molar-refractivity contribution < 1.29 is 9.90 Å². The second-order valence-corrected chi connectivity index (χ2v) is 6.49. The number of hydrogen-bond acceptors (Lipinski definition) is 3. The molecule has 1 unspecified atom stereocenters. The normalized spacial score (nSPS) is 15.3. The van der Waals surface area contributed by atoms with E-state index in [0.29, 0.717) is 24.7 Å². The second-order valence-electron chi connectivity index (χ2n) is 6.49. The molecule has 1 aliphatic rings. The Labute approximate surface area is 142 Å². The van der Waals surface area contributed by atoms with Crippen LogP contribution in [0, 0.1) is 12.8 Å². The maximum Gasteiger partial charge on any atom is 0.272 e. The van der Waals surface area contributed by atoms with Gasteiger partial charge in [-0.05, 0) is 44.2 Å². The highest BCUT2D eigenvalue weighted by atomic mass is 16.3. The molecule has 0 saturated heterocycles. The molecule has 24 heavy (non-hydrogen) atoms. The van der Waals surface area contributed by atoms with Gasteiger partial charge in [-0.3, -0.25) is 9.48 Å². The first-order chi connectivity index (χ1) is 11.6. The molecule has 0 bridgehead atoms. The Morgan fingerprint density at radius 2 is 2.08 bits per heavy atom. The maximum absolute atomic E-state index is 13.2. The van der Waals surface area contributed by atoms with Crippen LogP contribution in [0.2, 0.25) is 0 Å². The van der Waals surface area contributed by atoms with Gasteiger partial charge in [0.15, 0.2) is 0 Å². The van der Waals surface area contributed by atoms with E-state index in [1.54, 1.807) is 4.68 Å². The number of aliphatic hydroxyl groups excluding tert-OH is 1. The minimum Gasteiger partial charge on any atom is -0.394 e. The molecule has 0 spiro atoms. The molecule has 1 aromatic heterocycles. The van der Waals surface area contributed by atoms with E-state index in [2.05, 4.69) is 5.10 Å². The molecule has 128 valence electrons. The van der Waals surface area contributed by atoms with Crippen molar-refractivity contribution in [3.63, 3.8) is 0 Å². The first-order valence-electron chi connectivity index (χ1n) is 8.64. The van der Waals surface area contributed by atoms with Crippen LogP contribution in [-0.2, 0) is 13.1 Å². The zero-order chi connectivity index (χ0) is 17.1. The fourth-order valence-electron chi connectivity index (χ4n) is 3.21. The molecule has 1 aliphatic carbocycles. The number of amides is 1. The van der Waals surface area contributed by atoms with Crippen molar-refractivity contribution in [2.24, 2.45) is 5.92 Å². The van der Waals surface area contributed by atoms with Gasteiger partial charge in [-0.2, -0.15) is 5.10 Å². The van der Waals surface area contributed by atoms with Crippen molar-refractivity contribution in [1.29, 1.82) is 0 Å². The molecule has 1 atom stereocenters. The predicted octanol–water partition coefficient (Wildman–Crippen LogP) is 2.62. The van der Waals surface area contributed by atoms with Crippen molar-refractivity contribution in [3.8, 4) is 0 Å². The highest BCUT2D eigenvalue weighted by Gasteiger charge is 2.38. The van der Waals surface area contributed by atoms with Crippen LogP contribution in [-0.4, -0.2) is 38.3 Å². The Balaban J connectivity index is 1.92. The van der Waals surface area contributed by atoms with Gasteiger partial charge in [0.25, 0.3) is 5.91 Å². The van der Waals surface area contributed by atoms with E-state index in [-0.39, 0.29) is 18.6 Å². The van der Waals surface area contributed by atoms with Crippen molar-refractivity contribution in [2.75, 3.05) is 6.61 Å². The predicted molar refractivity (Wildman–Crippen MR) is 92.6 cm³/mol. The quantitative estimate of drug-likeness (QED) is 0.850. The summed E-state index contributed by atoms with van der Waals surface area (Å²) >= 11 is 0. The Kier molecular flexibility index (Phi) is 5.00. The Bertz CT molecular complexity index is 692. The number of hydrogen-bond donors (Lipinski definition) is 1. The molecule has 0 aliphatic heterocycles. The van der Waals surface area contributed by atoms with Crippen molar-refractivity contribution in [3.05, 3.63) is 53.3 Å². The molecule has 1 saturated carbocycles. The summed E-state index contributed by atoms with van der Waals surface area (Å²) in [5.74, 6) is 0.356. The molecule has 5 heteroatoms. The number of nitrogens with zero attached hydrogens (tertiary/aromatic N) is 3. The molecular weight excluding hydrogens is 302 g/mol. The summed E-state index contributed by atoms with van der Waals surface area (Å²) < 4.78 is 1.75. The van der Waals surface area contributed by atoms with Gasteiger partial charge in [0.05, 0.1) is 18.3 Å². The van der Waals surface area contributed by atoms with E-state index >= 15 is 0 Å². The average Bonchev–Trinajstić information content (AvgIpc) is 3.36. The molecule has 1 heterocycles. The van der Waals surface area contributed by atoms with Gasteiger partial charge in [0.2, 0.25) is 0 Å². The number of benzene rings is 1. The zero-order valence-electron chi connectivity index (χ0n) is 14.4. The SMILES string of the molecule is CCn1nc(C)cc1C(=O)N(Cc1ccccc1)C(CO)C1CC1. The number of rotatable bonds is 7. The molecule has 1 N–H and O–H groups in total. The fraction of sp³-hybridized carbons (Fsp3) is 0.474. The Morgan fingerprint density at radius 3 is 2.67 bits per heavy atom. The molecule has 1 aromatic carbocycles. The Morgan fingerprint density at radius 1 is 1.38 bits per heavy atom. The third-order valence-electron chi connectivity index (χ3n) is 4.63. The number of aryl methyl sites for hydroxylation is 2. The highest BCUT2D eigenvalue weighted by Crippen LogP contribution is 2.36. The first kappa shape index (κ1) is 16.7. The molecular formula is C19H25N3O2. The van der Waals surface area contributed by atoms with Crippen LogP contribution in [0.1, 0.15) is 41.5 Å². The lowest BCUT2D eigenvalue weighted by molar-refractivity contribution is 0.0519. The number of carbonyl (C=O) groups is 1. The summed E-state index contributed by atoms with van der Waals surface area (Å²) in [6.07, 6.45) is 2.16. The largest absolute Gasteiger partial charge is 0.394 e. The van der Waals surface area contributed by atoms with Crippen molar-refractivity contribution >= 4 is 5.91 Å². The summed E-state index contributed by atoms with van der Waals surface area (Å²) in [5, 5.41) is 14.3. The maximum atomic E-state index is 13.2. The molecule has 3 rings (SSSR count). The van der Waals surface area contributed by atoms with E-state index in [1.807, 2.05) is 55.1 Å². The van der Waals surface area contributed by atoms with Crippen LogP contribution in [0.15, 0.2) is 36.4 Å². The number of carbonyl (C=O) groups excluding carboxylic acids is 1. The van der Waals surface area contributed by atoms with Gasteiger partial charge in [-0.15, -0.1) is 0 Å². The van der Waals surface area contributed by atoms with Gasteiger partial charge in [0.1, 0.15) is 5.69 Å². The highest BCUT2D eigenvalue weighted by molar-refractivity contribution is 5.93. The fourth-order valence-corrected chi connectivity index (χ4v) is 3.21. The molecule has 1 fully saturated rings. The first-order valence-corrected chi connectivity index (χ1v) is 8.64. The topological polar surface area (TPSA) is 58.4 Å². The monoisotopic (exact) mass is 327 g/mol. The third kappa shape index (κ3) is 3.51. The summed E-state index contributed by atoms with van der Waals surface area (Å²) in [6.45, 7) is 5.04.